The number of hydrogen-bond acceptors (Lipinski definition) is 4. The fraction of sp³-hybridized carbons (Fsp3) is 0.278. The molecule has 0 spiro atoms. The second-order valence-corrected chi connectivity index (χ2v) is 5.27. The predicted octanol–water partition coefficient (Wildman–Crippen LogP) is 2.40. The van der Waals surface area contributed by atoms with Crippen LogP contribution in [0.1, 0.15) is 17.5 Å². The Morgan fingerprint density at radius 3 is 2.35 bits per heavy atom. The average Bonchev–Trinajstić information content (AvgIpc) is 2.56. The first-order chi connectivity index (χ1) is 11.1. The molecule has 0 heterocycles. The molecule has 0 unspecified atom stereocenters. The number of nitrogens with one attached hydrogen (secondary N) is 1. The van der Waals surface area contributed by atoms with Crippen molar-refractivity contribution in [2.75, 3.05) is 13.7 Å². The fourth-order valence-electron chi connectivity index (χ4n) is 2.21. The van der Waals surface area contributed by atoms with Crippen molar-refractivity contribution < 1.29 is 19.7 Å². The van der Waals surface area contributed by atoms with Gasteiger partial charge in [0.1, 0.15) is 5.75 Å². The van der Waals surface area contributed by atoms with E-state index in [9.17, 15) is 15.0 Å². The van der Waals surface area contributed by atoms with Crippen molar-refractivity contribution in [3.63, 3.8) is 0 Å². The zero-order valence-corrected chi connectivity index (χ0v) is 13.1. The third-order valence-electron chi connectivity index (χ3n) is 3.58. The molecule has 0 saturated heterocycles. The molecule has 2 rings (SSSR count). The maximum Gasteiger partial charge on any atom is 0.220 e. The summed E-state index contributed by atoms with van der Waals surface area (Å²) in [5.74, 6) is 0.459. The van der Waals surface area contributed by atoms with E-state index in [1.54, 1.807) is 13.2 Å². The van der Waals surface area contributed by atoms with Crippen molar-refractivity contribution in [1.82, 2.24) is 5.32 Å². The number of carbonyl (C=O) groups is 1. The molecule has 122 valence electrons. The maximum atomic E-state index is 11.8. The fourth-order valence-corrected chi connectivity index (χ4v) is 2.21. The molecular formula is C18H21NO4. The highest BCUT2D eigenvalue weighted by molar-refractivity contribution is 5.76. The zero-order chi connectivity index (χ0) is 16.7. The van der Waals surface area contributed by atoms with Gasteiger partial charge in [-0.3, -0.25) is 4.79 Å². The number of methoxy groups -OCH3 is 1. The molecule has 5 heteroatoms. The Kier molecular flexibility index (Phi) is 5.86. The highest BCUT2D eigenvalue weighted by Gasteiger charge is 2.05. The molecule has 5 nitrogen and oxygen atoms in total. The van der Waals surface area contributed by atoms with Gasteiger partial charge in [0.2, 0.25) is 5.91 Å². The Labute approximate surface area is 135 Å². The van der Waals surface area contributed by atoms with Crippen molar-refractivity contribution in [2.45, 2.75) is 19.3 Å². The number of phenols is 2. The van der Waals surface area contributed by atoms with Gasteiger partial charge in [-0.2, -0.15) is 0 Å². The van der Waals surface area contributed by atoms with Crippen LogP contribution in [-0.4, -0.2) is 29.8 Å². The van der Waals surface area contributed by atoms with Gasteiger partial charge >= 0.3 is 0 Å². The highest BCUT2D eigenvalue weighted by atomic mass is 16.5. The van der Waals surface area contributed by atoms with Crippen LogP contribution in [0.4, 0.5) is 0 Å². The van der Waals surface area contributed by atoms with Crippen molar-refractivity contribution >= 4 is 5.91 Å². The first-order valence-electron chi connectivity index (χ1n) is 7.49. The molecule has 2 aromatic carbocycles. The number of rotatable bonds is 7. The maximum absolute atomic E-state index is 11.8. The predicted molar refractivity (Wildman–Crippen MR) is 87.8 cm³/mol. The molecule has 0 aromatic heterocycles. The lowest BCUT2D eigenvalue weighted by molar-refractivity contribution is -0.121. The van der Waals surface area contributed by atoms with E-state index < -0.39 is 0 Å². The topological polar surface area (TPSA) is 78.8 Å². The Balaban J connectivity index is 1.71. The molecule has 0 fully saturated rings. The van der Waals surface area contributed by atoms with Gasteiger partial charge in [-0.1, -0.05) is 18.2 Å². The molecule has 0 atom stereocenters. The average molecular weight is 315 g/mol. The van der Waals surface area contributed by atoms with Crippen LogP contribution < -0.4 is 10.1 Å². The van der Waals surface area contributed by atoms with E-state index in [1.165, 1.54) is 12.1 Å². The summed E-state index contributed by atoms with van der Waals surface area (Å²) in [5, 5.41) is 21.5. The van der Waals surface area contributed by atoms with Gasteiger partial charge in [0.25, 0.3) is 0 Å². The molecule has 1 amide bonds. The Bertz CT molecular complexity index is 653. The quantitative estimate of drug-likeness (QED) is 0.686. The van der Waals surface area contributed by atoms with E-state index >= 15 is 0 Å². The van der Waals surface area contributed by atoms with Crippen LogP contribution >= 0.6 is 0 Å². The van der Waals surface area contributed by atoms with Gasteiger partial charge in [0.05, 0.1) is 7.11 Å². The van der Waals surface area contributed by atoms with Gasteiger partial charge in [0, 0.05) is 13.0 Å². The van der Waals surface area contributed by atoms with Crippen molar-refractivity contribution in [1.29, 1.82) is 0 Å². The molecule has 0 aliphatic carbocycles. The van der Waals surface area contributed by atoms with E-state index in [4.69, 9.17) is 4.74 Å². The Morgan fingerprint density at radius 2 is 1.70 bits per heavy atom. The van der Waals surface area contributed by atoms with Crippen LogP contribution in [0.15, 0.2) is 42.5 Å². The summed E-state index contributed by atoms with van der Waals surface area (Å²) in [6.07, 6.45) is 1.62. The number of hydrogen-bond donors (Lipinski definition) is 3. The first-order valence-corrected chi connectivity index (χ1v) is 7.49. The summed E-state index contributed by atoms with van der Waals surface area (Å²) in [7, 11) is 1.63. The third-order valence-corrected chi connectivity index (χ3v) is 3.58. The smallest absolute Gasteiger partial charge is 0.220 e. The number of carbonyl (C=O) groups excluding carboxylic acids is 1. The molecule has 0 aliphatic rings. The van der Waals surface area contributed by atoms with Crippen LogP contribution in [-0.2, 0) is 17.6 Å². The third kappa shape index (κ3) is 5.21. The summed E-state index contributed by atoms with van der Waals surface area (Å²) < 4.78 is 5.10. The van der Waals surface area contributed by atoms with Gasteiger partial charge in [0.15, 0.2) is 11.5 Å². The minimum Gasteiger partial charge on any atom is -0.504 e. The molecular weight excluding hydrogens is 294 g/mol. The summed E-state index contributed by atoms with van der Waals surface area (Å²) in [6.45, 7) is 0.575. The second-order valence-electron chi connectivity index (χ2n) is 5.27. The van der Waals surface area contributed by atoms with Gasteiger partial charge in [-0.25, -0.2) is 0 Å². The Morgan fingerprint density at radius 1 is 1.00 bits per heavy atom. The molecule has 2 aromatic rings. The minimum absolute atomic E-state index is 0.0360. The number of aryl methyl sites for hydroxylation is 1. The van der Waals surface area contributed by atoms with Gasteiger partial charge < -0.3 is 20.3 Å². The molecule has 0 bridgehead atoms. The summed E-state index contributed by atoms with van der Waals surface area (Å²) in [4.78, 5) is 11.8. The molecule has 0 aliphatic heterocycles. The van der Waals surface area contributed by atoms with E-state index in [-0.39, 0.29) is 17.4 Å². The lowest BCUT2D eigenvalue weighted by Gasteiger charge is -2.07. The van der Waals surface area contributed by atoms with E-state index in [1.807, 2.05) is 24.3 Å². The highest BCUT2D eigenvalue weighted by Crippen LogP contribution is 2.25. The largest absolute Gasteiger partial charge is 0.504 e. The first kappa shape index (κ1) is 16.7. The van der Waals surface area contributed by atoms with Crippen molar-refractivity contribution in [3.8, 4) is 17.2 Å². The second kappa shape index (κ2) is 8.08. The number of benzene rings is 2. The molecule has 0 radical (unpaired) electrons. The van der Waals surface area contributed by atoms with Gasteiger partial charge in [-0.05, 0) is 48.2 Å². The van der Waals surface area contributed by atoms with Crippen LogP contribution in [0.2, 0.25) is 0 Å². The minimum atomic E-state index is -0.164. The number of phenolic OH excluding ortho intramolecular Hbond substituents is 2. The zero-order valence-electron chi connectivity index (χ0n) is 13.1. The monoisotopic (exact) mass is 315 g/mol. The summed E-state index contributed by atoms with van der Waals surface area (Å²) in [5.41, 5.74) is 1.94. The van der Waals surface area contributed by atoms with Crippen LogP contribution in [0.3, 0.4) is 0 Å². The Hall–Kier alpha value is -2.69. The summed E-state index contributed by atoms with van der Waals surface area (Å²) in [6, 6.07) is 12.3. The van der Waals surface area contributed by atoms with Crippen LogP contribution in [0.5, 0.6) is 17.2 Å². The standard InChI is InChI=1S/C18H21NO4/c1-23-15-6-2-13(3-7-15)10-11-19-18(22)9-5-14-4-8-16(20)17(21)12-14/h2-4,6-8,12,20-21H,5,9-11H2,1H3,(H,19,22). The molecule has 23 heavy (non-hydrogen) atoms. The van der Waals surface area contributed by atoms with Crippen LogP contribution in [0.25, 0.3) is 0 Å². The number of aromatic hydroxyl groups is 2. The lowest BCUT2D eigenvalue weighted by atomic mass is 10.1. The molecule has 3 N–H and O–H groups in total. The summed E-state index contributed by atoms with van der Waals surface area (Å²) >= 11 is 0. The molecule has 0 saturated carbocycles. The number of amides is 1. The van der Waals surface area contributed by atoms with E-state index in [2.05, 4.69) is 5.32 Å². The van der Waals surface area contributed by atoms with Gasteiger partial charge in [-0.15, -0.1) is 0 Å². The SMILES string of the molecule is COc1ccc(CCNC(=O)CCc2ccc(O)c(O)c2)cc1. The number of ether oxygens (including phenoxy) is 1. The van der Waals surface area contributed by atoms with E-state index in [0.29, 0.717) is 19.4 Å². The van der Waals surface area contributed by atoms with Crippen LogP contribution in [0, 0.1) is 0 Å². The lowest BCUT2D eigenvalue weighted by Crippen LogP contribution is -2.25. The van der Waals surface area contributed by atoms with Crippen molar-refractivity contribution in [3.05, 3.63) is 53.6 Å². The van der Waals surface area contributed by atoms with Crippen molar-refractivity contribution in [2.24, 2.45) is 0 Å². The van der Waals surface area contributed by atoms with E-state index in [0.717, 1.165) is 23.3 Å². The normalized spacial score (nSPS) is 10.3.